The van der Waals surface area contributed by atoms with Crippen LogP contribution in [0, 0.1) is 0 Å². The Morgan fingerprint density at radius 3 is 2.61 bits per heavy atom. The van der Waals surface area contributed by atoms with Crippen LogP contribution in [0.4, 0.5) is 0 Å². The molecular formula is C11H10ClNO2S3. The van der Waals surface area contributed by atoms with Gasteiger partial charge in [0.15, 0.2) is 0 Å². The summed E-state index contributed by atoms with van der Waals surface area (Å²) in [4.78, 5) is 4.30. The van der Waals surface area contributed by atoms with Gasteiger partial charge < -0.3 is 0 Å². The van der Waals surface area contributed by atoms with Crippen molar-refractivity contribution in [2.75, 3.05) is 0 Å². The zero-order valence-electron chi connectivity index (χ0n) is 9.46. The molecule has 96 valence electrons. The van der Waals surface area contributed by atoms with Crippen LogP contribution in [0.1, 0.15) is 12.5 Å². The molecule has 0 spiro atoms. The Bertz CT molecular complexity index is 635. The van der Waals surface area contributed by atoms with E-state index in [0.29, 0.717) is 0 Å². The molecule has 0 aromatic carbocycles. The van der Waals surface area contributed by atoms with Crippen molar-refractivity contribution in [2.45, 2.75) is 26.8 Å². The number of hydrogen-bond donors (Lipinski definition) is 0. The fourth-order valence-corrected chi connectivity index (χ4v) is 4.51. The first-order valence-corrected chi connectivity index (χ1v) is 9.10. The third-order valence-electron chi connectivity index (χ3n) is 2.21. The van der Waals surface area contributed by atoms with Crippen LogP contribution in [0.15, 0.2) is 43.9 Å². The summed E-state index contributed by atoms with van der Waals surface area (Å²) in [6.45, 7) is 2.07. The molecule has 0 aliphatic heterocycles. The third-order valence-corrected chi connectivity index (χ3v) is 6.47. The molecule has 0 N–H and O–H groups in total. The number of hydrogen-bond acceptors (Lipinski definition) is 5. The van der Waals surface area contributed by atoms with Gasteiger partial charge in [-0.25, -0.2) is 13.4 Å². The Morgan fingerprint density at radius 2 is 2.11 bits per heavy atom. The summed E-state index contributed by atoms with van der Waals surface area (Å²) < 4.78 is 23.3. The Morgan fingerprint density at radius 1 is 1.33 bits per heavy atom. The predicted octanol–water partition coefficient (Wildman–Crippen LogP) is 3.78. The van der Waals surface area contributed by atoms with Crippen molar-refractivity contribution in [1.29, 1.82) is 0 Å². The molecule has 0 aliphatic carbocycles. The van der Waals surface area contributed by atoms with E-state index in [1.54, 1.807) is 6.07 Å². The third kappa shape index (κ3) is 3.47. The number of aromatic nitrogens is 1. The second-order valence-electron chi connectivity index (χ2n) is 3.47. The molecule has 0 saturated carbocycles. The van der Waals surface area contributed by atoms with Crippen molar-refractivity contribution in [3.05, 3.63) is 36.0 Å². The van der Waals surface area contributed by atoms with E-state index in [1.807, 2.05) is 18.3 Å². The van der Waals surface area contributed by atoms with Crippen molar-refractivity contribution in [3.63, 3.8) is 0 Å². The van der Waals surface area contributed by atoms with Crippen LogP contribution in [0.2, 0.25) is 0 Å². The van der Waals surface area contributed by atoms with Gasteiger partial charge in [0, 0.05) is 16.9 Å². The van der Waals surface area contributed by atoms with Crippen LogP contribution in [-0.2, 0) is 15.5 Å². The maximum Gasteiger partial charge on any atom is 0.270 e. The van der Waals surface area contributed by atoms with Crippen molar-refractivity contribution >= 4 is 42.8 Å². The minimum absolute atomic E-state index is 0.164. The zero-order chi connectivity index (χ0) is 13.2. The molecule has 0 radical (unpaired) electrons. The standard InChI is InChI=1S/C11H10ClNO2S3/c1-2-8-3-4-9(13-7-8)16-10-5-6-11(17-10)18(12,14)15/h3-7H,2H2,1H3. The Balaban J connectivity index is 2.16. The number of aryl methyl sites for hydroxylation is 1. The monoisotopic (exact) mass is 319 g/mol. The highest BCUT2D eigenvalue weighted by atomic mass is 35.7. The lowest BCUT2D eigenvalue weighted by molar-refractivity contribution is 0.611. The molecule has 0 unspecified atom stereocenters. The summed E-state index contributed by atoms with van der Waals surface area (Å²) in [6.07, 6.45) is 2.78. The molecular weight excluding hydrogens is 310 g/mol. The average molecular weight is 320 g/mol. The van der Waals surface area contributed by atoms with Gasteiger partial charge in [-0.15, -0.1) is 11.3 Å². The van der Waals surface area contributed by atoms with Crippen LogP contribution in [0.25, 0.3) is 0 Å². The first kappa shape index (κ1) is 13.9. The Labute approximate surface area is 119 Å². The second-order valence-corrected chi connectivity index (χ2v) is 8.67. The zero-order valence-corrected chi connectivity index (χ0v) is 12.7. The molecule has 0 bridgehead atoms. The van der Waals surface area contributed by atoms with E-state index in [9.17, 15) is 8.42 Å². The lowest BCUT2D eigenvalue weighted by Gasteiger charge is -1.99. The van der Waals surface area contributed by atoms with E-state index in [-0.39, 0.29) is 4.21 Å². The van der Waals surface area contributed by atoms with Gasteiger partial charge in [0.05, 0.1) is 4.21 Å². The topological polar surface area (TPSA) is 47.0 Å². The quantitative estimate of drug-likeness (QED) is 0.804. The largest absolute Gasteiger partial charge is 0.270 e. The first-order chi connectivity index (χ1) is 8.49. The average Bonchev–Trinajstić information content (AvgIpc) is 2.78. The molecule has 0 saturated heterocycles. The molecule has 2 rings (SSSR count). The number of pyridine rings is 1. The van der Waals surface area contributed by atoms with E-state index in [4.69, 9.17) is 10.7 Å². The maximum absolute atomic E-state index is 11.1. The Hall–Kier alpha value is -0.560. The van der Waals surface area contributed by atoms with E-state index in [0.717, 1.165) is 27.0 Å². The van der Waals surface area contributed by atoms with E-state index < -0.39 is 9.05 Å². The summed E-state index contributed by atoms with van der Waals surface area (Å²) in [5.74, 6) is 0. The lowest BCUT2D eigenvalue weighted by Crippen LogP contribution is -1.83. The summed E-state index contributed by atoms with van der Waals surface area (Å²) in [5.41, 5.74) is 1.18. The smallest absolute Gasteiger partial charge is 0.249 e. The normalized spacial score (nSPS) is 11.7. The predicted molar refractivity (Wildman–Crippen MR) is 75.1 cm³/mol. The number of nitrogens with zero attached hydrogens (tertiary/aromatic N) is 1. The van der Waals surface area contributed by atoms with Crippen molar-refractivity contribution in [2.24, 2.45) is 0 Å². The molecule has 2 aromatic heterocycles. The van der Waals surface area contributed by atoms with Crippen LogP contribution in [0.3, 0.4) is 0 Å². The maximum atomic E-state index is 11.1. The van der Waals surface area contributed by atoms with Gasteiger partial charge in [-0.1, -0.05) is 24.8 Å². The van der Waals surface area contributed by atoms with Crippen molar-refractivity contribution in [3.8, 4) is 0 Å². The van der Waals surface area contributed by atoms with Gasteiger partial charge in [0.25, 0.3) is 9.05 Å². The van der Waals surface area contributed by atoms with Crippen LogP contribution >= 0.6 is 33.8 Å². The number of halogens is 1. The highest BCUT2D eigenvalue weighted by molar-refractivity contribution is 8.15. The van der Waals surface area contributed by atoms with Crippen LogP contribution in [-0.4, -0.2) is 13.4 Å². The highest BCUT2D eigenvalue weighted by Gasteiger charge is 2.13. The SMILES string of the molecule is CCc1ccc(Sc2ccc(S(=O)(=O)Cl)s2)nc1. The molecule has 18 heavy (non-hydrogen) atoms. The van der Waals surface area contributed by atoms with E-state index in [2.05, 4.69) is 11.9 Å². The minimum atomic E-state index is -3.63. The summed E-state index contributed by atoms with van der Waals surface area (Å²) in [7, 11) is 1.64. The minimum Gasteiger partial charge on any atom is -0.249 e. The van der Waals surface area contributed by atoms with Crippen LogP contribution < -0.4 is 0 Å². The fourth-order valence-electron chi connectivity index (χ4n) is 1.27. The van der Waals surface area contributed by atoms with Gasteiger partial charge in [-0.05, 0) is 30.2 Å². The van der Waals surface area contributed by atoms with E-state index in [1.165, 1.54) is 23.4 Å². The summed E-state index contributed by atoms with van der Waals surface area (Å²) >= 11 is 2.58. The molecule has 0 fully saturated rings. The number of thiophene rings is 1. The van der Waals surface area contributed by atoms with Gasteiger partial charge in [-0.2, -0.15) is 0 Å². The summed E-state index contributed by atoms with van der Waals surface area (Å²) in [5, 5.41) is 0.840. The second kappa shape index (κ2) is 5.61. The van der Waals surface area contributed by atoms with Crippen LogP contribution in [0.5, 0.6) is 0 Å². The van der Waals surface area contributed by atoms with Crippen molar-refractivity contribution in [1.82, 2.24) is 4.98 Å². The summed E-state index contributed by atoms with van der Waals surface area (Å²) in [6, 6.07) is 7.19. The van der Waals surface area contributed by atoms with E-state index >= 15 is 0 Å². The number of rotatable bonds is 4. The van der Waals surface area contributed by atoms with Gasteiger partial charge in [-0.3, -0.25) is 0 Å². The lowest BCUT2D eigenvalue weighted by atomic mass is 10.2. The van der Waals surface area contributed by atoms with Gasteiger partial charge in [0.2, 0.25) is 0 Å². The van der Waals surface area contributed by atoms with Gasteiger partial charge in [0.1, 0.15) is 9.24 Å². The van der Waals surface area contributed by atoms with Gasteiger partial charge >= 0.3 is 0 Å². The molecule has 7 heteroatoms. The molecule has 0 aliphatic rings. The molecule has 2 heterocycles. The van der Waals surface area contributed by atoms with Crippen molar-refractivity contribution < 1.29 is 8.42 Å². The molecule has 0 amide bonds. The fraction of sp³-hybridized carbons (Fsp3) is 0.182. The Kier molecular flexibility index (Phi) is 4.32. The molecule has 2 aromatic rings. The highest BCUT2D eigenvalue weighted by Crippen LogP contribution is 2.35. The first-order valence-electron chi connectivity index (χ1n) is 5.16. The molecule has 3 nitrogen and oxygen atoms in total. The molecule has 0 atom stereocenters.